The van der Waals surface area contributed by atoms with Crippen LogP contribution in [0.3, 0.4) is 0 Å². The lowest BCUT2D eigenvalue weighted by Gasteiger charge is -2.35. The van der Waals surface area contributed by atoms with Gasteiger partial charge in [-0.3, -0.25) is 9.59 Å². The van der Waals surface area contributed by atoms with Gasteiger partial charge in [0.15, 0.2) is 9.84 Å². The first kappa shape index (κ1) is 18.5. The summed E-state index contributed by atoms with van der Waals surface area (Å²) in [4.78, 5) is 28.3. The summed E-state index contributed by atoms with van der Waals surface area (Å²) < 4.78 is 23.2. The molecule has 3 fully saturated rings. The maximum atomic E-state index is 12.6. The number of amides is 2. The average Bonchev–Trinajstić information content (AvgIpc) is 3.01. The molecule has 0 aromatic carbocycles. The van der Waals surface area contributed by atoms with Crippen LogP contribution in [0.5, 0.6) is 0 Å². The molecular formula is C14H24ClN3O4S. The predicted octanol–water partition coefficient (Wildman–Crippen LogP) is -0.736. The molecule has 9 heteroatoms. The molecule has 0 aromatic heterocycles. The molecular weight excluding hydrogens is 342 g/mol. The van der Waals surface area contributed by atoms with Crippen LogP contribution in [-0.2, 0) is 19.4 Å². The Morgan fingerprint density at radius 3 is 2.70 bits per heavy atom. The number of rotatable bonds is 2. The fourth-order valence-electron chi connectivity index (χ4n) is 3.67. The van der Waals surface area contributed by atoms with E-state index in [1.165, 1.54) is 0 Å². The minimum absolute atomic E-state index is 0. The van der Waals surface area contributed by atoms with Crippen LogP contribution in [0, 0.1) is 5.92 Å². The van der Waals surface area contributed by atoms with Crippen LogP contribution in [-0.4, -0.2) is 79.8 Å². The summed E-state index contributed by atoms with van der Waals surface area (Å²) >= 11 is 0. The minimum Gasteiger partial charge on any atom is -0.338 e. The normalized spacial score (nSPS) is 33.6. The number of carbonyl (C=O) groups excluding carboxylic acids is 2. The zero-order chi connectivity index (χ0) is 15.9. The number of sulfone groups is 1. The molecule has 3 atom stereocenters. The van der Waals surface area contributed by atoms with Crippen molar-refractivity contribution in [1.82, 2.24) is 15.1 Å². The Kier molecular flexibility index (Phi) is 5.58. The third kappa shape index (κ3) is 3.80. The first-order valence-corrected chi connectivity index (χ1v) is 9.70. The van der Waals surface area contributed by atoms with E-state index in [1.807, 2.05) is 11.8 Å². The van der Waals surface area contributed by atoms with Crippen LogP contribution in [0.15, 0.2) is 0 Å². The highest BCUT2D eigenvalue weighted by Crippen LogP contribution is 2.27. The maximum Gasteiger partial charge on any atom is 0.228 e. The second kappa shape index (κ2) is 6.94. The smallest absolute Gasteiger partial charge is 0.228 e. The lowest BCUT2D eigenvalue weighted by atomic mass is 10.0. The van der Waals surface area contributed by atoms with E-state index in [9.17, 15) is 18.0 Å². The number of piperazine rings is 1. The van der Waals surface area contributed by atoms with Crippen molar-refractivity contribution in [3.8, 4) is 0 Å². The highest BCUT2D eigenvalue weighted by molar-refractivity contribution is 7.91. The van der Waals surface area contributed by atoms with Crippen molar-refractivity contribution in [2.45, 2.75) is 31.8 Å². The van der Waals surface area contributed by atoms with Crippen molar-refractivity contribution in [3.63, 3.8) is 0 Å². The number of nitrogens with one attached hydrogen (secondary N) is 1. The zero-order valence-electron chi connectivity index (χ0n) is 13.2. The van der Waals surface area contributed by atoms with E-state index >= 15 is 0 Å². The third-order valence-electron chi connectivity index (χ3n) is 4.94. The third-order valence-corrected chi connectivity index (χ3v) is 6.69. The molecule has 0 spiro atoms. The molecule has 3 aliphatic heterocycles. The van der Waals surface area contributed by atoms with Crippen molar-refractivity contribution in [3.05, 3.63) is 0 Å². The van der Waals surface area contributed by atoms with E-state index in [4.69, 9.17) is 0 Å². The molecule has 23 heavy (non-hydrogen) atoms. The summed E-state index contributed by atoms with van der Waals surface area (Å²) in [5.74, 6) is -0.177. The molecule has 2 unspecified atom stereocenters. The first-order valence-electron chi connectivity index (χ1n) is 7.88. The van der Waals surface area contributed by atoms with Gasteiger partial charge in [0.05, 0.1) is 17.4 Å². The molecule has 3 aliphatic rings. The van der Waals surface area contributed by atoms with Gasteiger partial charge in [0.1, 0.15) is 0 Å². The fourth-order valence-corrected chi connectivity index (χ4v) is 5.40. The van der Waals surface area contributed by atoms with E-state index in [1.54, 1.807) is 4.90 Å². The molecule has 0 bridgehead atoms. The summed E-state index contributed by atoms with van der Waals surface area (Å²) in [6, 6.07) is -0.104. The van der Waals surface area contributed by atoms with Crippen LogP contribution < -0.4 is 5.32 Å². The quantitative estimate of drug-likeness (QED) is 0.696. The Morgan fingerprint density at radius 2 is 2.09 bits per heavy atom. The summed E-state index contributed by atoms with van der Waals surface area (Å²) in [6.45, 7) is 4.59. The van der Waals surface area contributed by atoms with Crippen molar-refractivity contribution in [2.75, 3.05) is 37.7 Å². The minimum atomic E-state index is -3.02. The summed E-state index contributed by atoms with van der Waals surface area (Å²) in [5, 5.41) is 3.24. The van der Waals surface area contributed by atoms with E-state index in [-0.39, 0.29) is 60.1 Å². The molecule has 0 radical (unpaired) electrons. The van der Waals surface area contributed by atoms with E-state index in [2.05, 4.69) is 5.32 Å². The second-order valence-corrected chi connectivity index (χ2v) is 8.82. The molecule has 132 valence electrons. The Morgan fingerprint density at radius 1 is 1.35 bits per heavy atom. The van der Waals surface area contributed by atoms with Crippen molar-refractivity contribution >= 4 is 34.1 Å². The van der Waals surface area contributed by atoms with Gasteiger partial charge in [0.25, 0.3) is 0 Å². The Hall–Kier alpha value is -0.860. The van der Waals surface area contributed by atoms with E-state index < -0.39 is 9.84 Å². The average molecular weight is 366 g/mol. The van der Waals surface area contributed by atoms with E-state index in [0.29, 0.717) is 19.5 Å². The van der Waals surface area contributed by atoms with Crippen molar-refractivity contribution in [2.24, 2.45) is 5.92 Å². The number of hydrogen-bond acceptors (Lipinski definition) is 5. The van der Waals surface area contributed by atoms with Gasteiger partial charge in [-0.05, 0) is 13.3 Å². The summed E-state index contributed by atoms with van der Waals surface area (Å²) in [6.07, 6.45) is 0.713. The Balaban J connectivity index is 0.00000192. The highest BCUT2D eigenvalue weighted by atomic mass is 35.5. The van der Waals surface area contributed by atoms with Crippen molar-refractivity contribution < 1.29 is 18.0 Å². The second-order valence-electron chi connectivity index (χ2n) is 6.59. The van der Waals surface area contributed by atoms with Gasteiger partial charge in [0.2, 0.25) is 11.8 Å². The number of nitrogens with zero attached hydrogens (tertiary/aromatic N) is 2. The standard InChI is InChI=1S/C14H23N3O4S.ClH/c1-10-7-15-3-4-16(10)14(19)11-6-13(18)17(8-11)12-2-5-22(20,21)9-12;/h10-12,15H,2-9H2,1H3;1H/t10-,11?,12?;/m1./s1. The number of halogens is 1. The first-order chi connectivity index (χ1) is 10.4. The Bertz CT molecular complexity index is 583. The van der Waals surface area contributed by atoms with Crippen LogP contribution in [0.25, 0.3) is 0 Å². The molecule has 7 nitrogen and oxygen atoms in total. The van der Waals surface area contributed by atoms with Gasteiger partial charge in [-0.15, -0.1) is 12.4 Å². The van der Waals surface area contributed by atoms with Crippen LogP contribution in [0.4, 0.5) is 0 Å². The molecule has 3 saturated heterocycles. The molecule has 0 saturated carbocycles. The lowest BCUT2D eigenvalue weighted by Crippen LogP contribution is -2.54. The number of carbonyl (C=O) groups is 2. The van der Waals surface area contributed by atoms with Crippen LogP contribution >= 0.6 is 12.4 Å². The fraction of sp³-hybridized carbons (Fsp3) is 0.857. The molecule has 0 aromatic rings. The van der Waals surface area contributed by atoms with Gasteiger partial charge >= 0.3 is 0 Å². The molecule has 3 heterocycles. The van der Waals surface area contributed by atoms with Crippen LogP contribution in [0.2, 0.25) is 0 Å². The summed E-state index contributed by atoms with van der Waals surface area (Å²) in [7, 11) is -3.02. The molecule has 1 N–H and O–H groups in total. The van der Waals surface area contributed by atoms with Gasteiger partial charge in [-0.2, -0.15) is 0 Å². The zero-order valence-corrected chi connectivity index (χ0v) is 14.9. The van der Waals surface area contributed by atoms with Gasteiger partial charge in [0, 0.05) is 44.7 Å². The largest absolute Gasteiger partial charge is 0.338 e. The number of hydrogen-bond donors (Lipinski definition) is 1. The monoisotopic (exact) mass is 365 g/mol. The molecule has 3 rings (SSSR count). The number of likely N-dealkylation sites (tertiary alicyclic amines) is 1. The predicted molar refractivity (Wildman–Crippen MR) is 88.2 cm³/mol. The van der Waals surface area contributed by atoms with Gasteiger partial charge < -0.3 is 15.1 Å². The van der Waals surface area contributed by atoms with E-state index in [0.717, 1.165) is 13.1 Å². The SMILES string of the molecule is C[C@@H]1CNCCN1C(=O)C1CC(=O)N(C2CCS(=O)(=O)C2)C1.Cl. The lowest BCUT2D eigenvalue weighted by molar-refractivity contribution is -0.138. The van der Waals surface area contributed by atoms with Gasteiger partial charge in [-0.1, -0.05) is 0 Å². The molecule has 0 aliphatic carbocycles. The van der Waals surface area contributed by atoms with Crippen LogP contribution in [0.1, 0.15) is 19.8 Å². The molecule has 2 amide bonds. The topological polar surface area (TPSA) is 86.8 Å². The summed E-state index contributed by atoms with van der Waals surface area (Å²) in [5.41, 5.74) is 0. The van der Waals surface area contributed by atoms with Crippen molar-refractivity contribution in [1.29, 1.82) is 0 Å². The van der Waals surface area contributed by atoms with Gasteiger partial charge in [-0.25, -0.2) is 8.42 Å². The highest BCUT2D eigenvalue weighted by Gasteiger charge is 2.43. The maximum absolute atomic E-state index is 12.6. The Labute approximate surface area is 143 Å².